The van der Waals surface area contributed by atoms with Gasteiger partial charge in [0.15, 0.2) is 0 Å². The lowest BCUT2D eigenvalue weighted by Crippen LogP contribution is -2.30. The van der Waals surface area contributed by atoms with Gasteiger partial charge in [-0.3, -0.25) is 9.78 Å². The van der Waals surface area contributed by atoms with Gasteiger partial charge in [0, 0.05) is 17.8 Å². The first-order chi connectivity index (χ1) is 6.13. The van der Waals surface area contributed by atoms with Crippen LogP contribution >= 0.6 is 0 Å². The predicted octanol–water partition coefficient (Wildman–Crippen LogP) is -0.657. The average Bonchev–Trinajstić information content (AvgIpc) is 2.09. The lowest BCUT2D eigenvalue weighted by atomic mass is 10.1. The van der Waals surface area contributed by atoms with Crippen molar-refractivity contribution in [1.82, 2.24) is 9.97 Å². The summed E-state index contributed by atoms with van der Waals surface area (Å²) in [5.74, 6) is 0. The first-order valence-corrected chi connectivity index (χ1v) is 4.20. The van der Waals surface area contributed by atoms with Crippen molar-refractivity contribution >= 4 is 0 Å². The Hall–Kier alpha value is -1.36. The molecule has 1 unspecified atom stereocenters. The zero-order chi connectivity index (χ0) is 9.84. The minimum Gasteiger partial charge on any atom is -0.327 e. The van der Waals surface area contributed by atoms with Crippen LogP contribution in [-0.2, 0) is 6.42 Å². The van der Waals surface area contributed by atoms with Gasteiger partial charge < -0.3 is 10.7 Å². The Bertz CT molecular complexity index is 379. The summed E-state index contributed by atoms with van der Waals surface area (Å²) < 4.78 is 0. The SMILES string of the molecule is CCC(N)Cc1c[nH]c(=O)[nH]c1=O. The number of nitrogens with two attached hydrogens (primary N) is 1. The second-order valence-corrected chi connectivity index (χ2v) is 2.97. The summed E-state index contributed by atoms with van der Waals surface area (Å²) >= 11 is 0. The molecular formula is C8H13N3O2. The number of hydrogen-bond acceptors (Lipinski definition) is 3. The van der Waals surface area contributed by atoms with Gasteiger partial charge in [-0.05, 0) is 12.8 Å². The van der Waals surface area contributed by atoms with Crippen molar-refractivity contribution in [2.45, 2.75) is 25.8 Å². The fraction of sp³-hybridized carbons (Fsp3) is 0.500. The molecule has 1 rings (SSSR count). The van der Waals surface area contributed by atoms with E-state index in [4.69, 9.17) is 5.73 Å². The Labute approximate surface area is 75.0 Å². The lowest BCUT2D eigenvalue weighted by Gasteiger charge is -2.06. The van der Waals surface area contributed by atoms with Gasteiger partial charge in [0.05, 0.1) is 0 Å². The molecule has 1 heterocycles. The molecule has 0 radical (unpaired) electrons. The summed E-state index contributed by atoms with van der Waals surface area (Å²) in [4.78, 5) is 26.4. The monoisotopic (exact) mass is 183 g/mol. The van der Waals surface area contributed by atoms with Crippen LogP contribution in [0.5, 0.6) is 0 Å². The topological polar surface area (TPSA) is 91.7 Å². The van der Waals surface area contributed by atoms with Gasteiger partial charge in [-0.15, -0.1) is 0 Å². The molecule has 0 aromatic carbocycles. The Morgan fingerprint density at radius 3 is 2.77 bits per heavy atom. The highest BCUT2D eigenvalue weighted by Gasteiger charge is 2.05. The fourth-order valence-corrected chi connectivity index (χ4v) is 1.02. The van der Waals surface area contributed by atoms with E-state index in [0.717, 1.165) is 6.42 Å². The van der Waals surface area contributed by atoms with Gasteiger partial charge in [0.1, 0.15) is 0 Å². The Morgan fingerprint density at radius 1 is 1.54 bits per heavy atom. The average molecular weight is 183 g/mol. The lowest BCUT2D eigenvalue weighted by molar-refractivity contribution is 0.639. The molecule has 0 aliphatic heterocycles. The van der Waals surface area contributed by atoms with Crippen LogP contribution in [0.25, 0.3) is 0 Å². The summed E-state index contributed by atoms with van der Waals surface area (Å²) in [5, 5.41) is 0. The van der Waals surface area contributed by atoms with Crippen molar-refractivity contribution in [1.29, 1.82) is 0 Å². The smallest absolute Gasteiger partial charge is 0.325 e. The molecule has 1 aromatic heterocycles. The maximum absolute atomic E-state index is 11.2. The van der Waals surface area contributed by atoms with Crippen molar-refractivity contribution in [3.63, 3.8) is 0 Å². The maximum atomic E-state index is 11.2. The van der Waals surface area contributed by atoms with Gasteiger partial charge in [-0.1, -0.05) is 6.92 Å². The van der Waals surface area contributed by atoms with E-state index >= 15 is 0 Å². The van der Waals surface area contributed by atoms with Gasteiger partial charge in [-0.2, -0.15) is 0 Å². The van der Waals surface area contributed by atoms with Crippen LogP contribution in [0.15, 0.2) is 15.8 Å². The second-order valence-electron chi connectivity index (χ2n) is 2.97. The molecule has 72 valence electrons. The minimum atomic E-state index is -0.487. The highest BCUT2D eigenvalue weighted by Crippen LogP contribution is 1.95. The van der Waals surface area contributed by atoms with E-state index in [1.54, 1.807) is 0 Å². The Kier molecular flexibility index (Phi) is 3.02. The normalized spacial score (nSPS) is 12.8. The highest BCUT2D eigenvalue weighted by molar-refractivity contribution is 5.04. The third-order valence-electron chi connectivity index (χ3n) is 1.90. The number of nitrogens with one attached hydrogen (secondary N) is 2. The standard InChI is InChI=1S/C8H13N3O2/c1-2-6(9)3-5-4-10-8(13)11-7(5)12/h4,6H,2-3,9H2,1H3,(H2,10,11,12,13). The number of aromatic nitrogens is 2. The van der Waals surface area contributed by atoms with Crippen LogP contribution < -0.4 is 17.0 Å². The minimum absolute atomic E-state index is 0.0352. The van der Waals surface area contributed by atoms with E-state index in [0.29, 0.717) is 12.0 Å². The molecule has 5 nitrogen and oxygen atoms in total. The van der Waals surface area contributed by atoms with Gasteiger partial charge >= 0.3 is 5.69 Å². The molecule has 0 spiro atoms. The summed E-state index contributed by atoms with van der Waals surface area (Å²) in [7, 11) is 0. The Balaban J connectivity index is 2.90. The largest absolute Gasteiger partial charge is 0.327 e. The van der Waals surface area contributed by atoms with E-state index in [2.05, 4.69) is 9.97 Å². The second kappa shape index (κ2) is 4.04. The van der Waals surface area contributed by atoms with Gasteiger partial charge in [-0.25, -0.2) is 4.79 Å². The molecule has 0 fully saturated rings. The van der Waals surface area contributed by atoms with Crippen molar-refractivity contribution < 1.29 is 0 Å². The third kappa shape index (κ3) is 2.55. The molecular weight excluding hydrogens is 170 g/mol. The van der Waals surface area contributed by atoms with Gasteiger partial charge in [0.2, 0.25) is 0 Å². The van der Waals surface area contributed by atoms with Crippen LogP contribution in [-0.4, -0.2) is 16.0 Å². The van der Waals surface area contributed by atoms with Crippen molar-refractivity contribution in [2.24, 2.45) is 5.73 Å². The number of aromatic amines is 2. The fourth-order valence-electron chi connectivity index (χ4n) is 1.02. The summed E-state index contributed by atoms with van der Waals surface area (Å²) in [6.45, 7) is 1.95. The predicted molar refractivity (Wildman–Crippen MR) is 49.7 cm³/mol. The molecule has 0 bridgehead atoms. The molecule has 0 aliphatic carbocycles. The number of hydrogen-bond donors (Lipinski definition) is 3. The van der Waals surface area contributed by atoms with Crippen LogP contribution in [0.4, 0.5) is 0 Å². The first kappa shape index (κ1) is 9.73. The molecule has 4 N–H and O–H groups in total. The maximum Gasteiger partial charge on any atom is 0.325 e. The van der Waals surface area contributed by atoms with Crippen molar-refractivity contribution in [3.8, 4) is 0 Å². The zero-order valence-electron chi connectivity index (χ0n) is 7.46. The van der Waals surface area contributed by atoms with Gasteiger partial charge in [0.25, 0.3) is 5.56 Å². The van der Waals surface area contributed by atoms with E-state index in [1.165, 1.54) is 6.20 Å². The summed E-state index contributed by atoms with van der Waals surface area (Å²) in [5.41, 5.74) is 5.35. The number of H-pyrrole nitrogens is 2. The first-order valence-electron chi connectivity index (χ1n) is 4.20. The quantitative estimate of drug-likeness (QED) is 0.581. The van der Waals surface area contributed by atoms with Crippen molar-refractivity contribution in [3.05, 3.63) is 32.6 Å². The van der Waals surface area contributed by atoms with E-state index in [1.807, 2.05) is 6.92 Å². The summed E-state index contributed by atoms with van der Waals surface area (Å²) in [6, 6.07) is -0.0352. The molecule has 13 heavy (non-hydrogen) atoms. The molecule has 0 amide bonds. The molecule has 0 saturated carbocycles. The zero-order valence-corrected chi connectivity index (χ0v) is 7.46. The van der Waals surface area contributed by atoms with Crippen LogP contribution in [0.1, 0.15) is 18.9 Å². The van der Waals surface area contributed by atoms with E-state index in [9.17, 15) is 9.59 Å². The summed E-state index contributed by atoms with van der Waals surface area (Å²) in [6.07, 6.45) is 2.71. The van der Waals surface area contributed by atoms with Crippen LogP contribution in [0, 0.1) is 0 Å². The molecule has 5 heteroatoms. The van der Waals surface area contributed by atoms with Crippen LogP contribution in [0.2, 0.25) is 0 Å². The molecule has 1 aromatic rings. The molecule has 0 saturated heterocycles. The van der Waals surface area contributed by atoms with Crippen molar-refractivity contribution in [2.75, 3.05) is 0 Å². The number of rotatable bonds is 3. The van der Waals surface area contributed by atoms with E-state index < -0.39 is 5.69 Å². The van der Waals surface area contributed by atoms with E-state index in [-0.39, 0.29) is 11.6 Å². The van der Waals surface area contributed by atoms with Crippen LogP contribution in [0.3, 0.4) is 0 Å². The molecule has 1 atom stereocenters. The third-order valence-corrected chi connectivity index (χ3v) is 1.90. The highest BCUT2D eigenvalue weighted by atomic mass is 16.2. The molecule has 0 aliphatic rings. The Morgan fingerprint density at radius 2 is 2.23 bits per heavy atom.